The number of carbonyl (C=O) groups excluding carboxylic acids is 1. The first-order valence-electron chi connectivity index (χ1n) is 9.12. The Morgan fingerprint density at radius 3 is 2.75 bits per heavy atom. The molecule has 2 atom stereocenters. The lowest BCUT2D eigenvalue weighted by Gasteiger charge is -2.38. The van der Waals surface area contributed by atoms with Crippen molar-refractivity contribution in [2.45, 2.75) is 44.6 Å². The first-order chi connectivity index (χ1) is 11.5. The predicted octanol–water partition coefficient (Wildman–Crippen LogP) is 1.48. The first kappa shape index (κ1) is 15.7. The summed E-state index contributed by atoms with van der Waals surface area (Å²) in [6.45, 7) is 1.92. The number of likely N-dealkylation sites (tertiary alicyclic amines) is 1. The quantitative estimate of drug-likeness (QED) is 0.823. The zero-order valence-electron chi connectivity index (χ0n) is 15.0. The molecule has 6 heteroatoms. The van der Waals surface area contributed by atoms with E-state index in [1.54, 1.807) is 0 Å². The average Bonchev–Trinajstić information content (AvgIpc) is 2.87. The normalized spacial score (nSPS) is 26.4. The predicted molar refractivity (Wildman–Crippen MR) is 94.5 cm³/mol. The van der Waals surface area contributed by atoms with Crippen LogP contribution in [0.5, 0.6) is 0 Å². The fourth-order valence-electron chi connectivity index (χ4n) is 4.50. The second kappa shape index (κ2) is 5.90. The number of nitrogens with zero attached hydrogens (tertiary/aromatic N) is 5. The summed E-state index contributed by atoms with van der Waals surface area (Å²) >= 11 is 0. The summed E-state index contributed by atoms with van der Waals surface area (Å²) in [5, 5.41) is 0. The average molecular weight is 329 g/mol. The minimum absolute atomic E-state index is 0.297. The van der Waals surface area contributed by atoms with Gasteiger partial charge >= 0.3 is 0 Å². The zero-order chi connectivity index (χ0) is 16.8. The van der Waals surface area contributed by atoms with E-state index in [-0.39, 0.29) is 0 Å². The molecule has 0 aromatic carbocycles. The summed E-state index contributed by atoms with van der Waals surface area (Å²) in [5.41, 5.74) is 2.58. The molecule has 24 heavy (non-hydrogen) atoms. The molecule has 0 unspecified atom stereocenters. The number of piperidine rings is 1. The summed E-state index contributed by atoms with van der Waals surface area (Å²) in [7, 11) is 5.97. The van der Waals surface area contributed by atoms with Gasteiger partial charge in [0.25, 0.3) is 0 Å². The molecule has 130 valence electrons. The highest BCUT2D eigenvalue weighted by Crippen LogP contribution is 2.36. The highest BCUT2D eigenvalue weighted by molar-refractivity contribution is 5.79. The van der Waals surface area contributed by atoms with E-state index in [0.717, 1.165) is 44.1 Å². The summed E-state index contributed by atoms with van der Waals surface area (Å²) in [5.74, 6) is 2.68. The monoisotopic (exact) mass is 329 g/mol. The third-order valence-electron chi connectivity index (χ3n) is 5.87. The van der Waals surface area contributed by atoms with E-state index in [0.29, 0.717) is 24.3 Å². The van der Waals surface area contributed by atoms with Crippen molar-refractivity contribution in [1.82, 2.24) is 14.9 Å². The van der Waals surface area contributed by atoms with Gasteiger partial charge in [0, 0.05) is 58.2 Å². The lowest BCUT2D eigenvalue weighted by molar-refractivity contribution is -0.127. The number of hydrogen-bond acceptors (Lipinski definition) is 5. The molecule has 0 N–H and O–H groups in total. The summed E-state index contributed by atoms with van der Waals surface area (Å²) in [6.07, 6.45) is 6.33. The second-order valence-electron chi connectivity index (χ2n) is 7.64. The first-order valence-corrected chi connectivity index (χ1v) is 9.12. The molecule has 1 aromatic rings. The zero-order valence-corrected chi connectivity index (χ0v) is 15.0. The SMILES string of the molecule is CN(C)c1nc2c(c(N3CC[C@H]4[C@H](CC(=O)N4C)C3)n1)CCCC2. The molecule has 1 aromatic heterocycles. The number of carbonyl (C=O) groups is 1. The van der Waals surface area contributed by atoms with Crippen molar-refractivity contribution in [1.29, 1.82) is 0 Å². The molecule has 0 spiro atoms. The van der Waals surface area contributed by atoms with Gasteiger partial charge in [-0.3, -0.25) is 4.79 Å². The third kappa shape index (κ3) is 2.52. The number of aryl methyl sites for hydroxylation is 1. The Hall–Kier alpha value is -1.85. The van der Waals surface area contributed by atoms with Gasteiger partial charge in [0.05, 0.1) is 5.69 Å². The van der Waals surface area contributed by atoms with Gasteiger partial charge < -0.3 is 14.7 Å². The number of rotatable bonds is 2. The smallest absolute Gasteiger partial charge is 0.227 e. The van der Waals surface area contributed by atoms with E-state index >= 15 is 0 Å². The van der Waals surface area contributed by atoms with Crippen LogP contribution < -0.4 is 9.80 Å². The van der Waals surface area contributed by atoms with Gasteiger partial charge in [0.1, 0.15) is 5.82 Å². The molecule has 1 amide bonds. The fraction of sp³-hybridized carbons (Fsp3) is 0.722. The number of aromatic nitrogens is 2. The largest absolute Gasteiger partial charge is 0.356 e. The van der Waals surface area contributed by atoms with Gasteiger partial charge in [-0.25, -0.2) is 4.98 Å². The number of anilines is 2. The maximum atomic E-state index is 12.0. The van der Waals surface area contributed by atoms with Crippen LogP contribution in [0.4, 0.5) is 11.8 Å². The van der Waals surface area contributed by atoms with Crippen molar-refractivity contribution in [3.63, 3.8) is 0 Å². The molecule has 4 rings (SSSR count). The third-order valence-corrected chi connectivity index (χ3v) is 5.87. The van der Waals surface area contributed by atoms with Crippen molar-refractivity contribution >= 4 is 17.7 Å². The highest BCUT2D eigenvalue weighted by Gasteiger charge is 2.41. The Bertz CT molecular complexity index is 659. The Morgan fingerprint density at radius 1 is 1.17 bits per heavy atom. The van der Waals surface area contributed by atoms with Crippen LogP contribution in [0.2, 0.25) is 0 Å². The topological polar surface area (TPSA) is 52.6 Å². The maximum Gasteiger partial charge on any atom is 0.227 e. The number of fused-ring (bicyclic) bond motifs is 2. The molecule has 2 saturated heterocycles. The van der Waals surface area contributed by atoms with Crippen LogP contribution in [0.15, 0.2) is 0 Å². The van der Waals surface area contributed by atoms with Gasteiger partial charge in [-0.15, -0.1) is 0 Å². The van der Waals surface area contributed by atoms with Gasteiger partial charge in [0.15, 0.2) is 0 Å². The number of hydrogen-bond donors (Lipinski definition) is 0. The minimum atomic E-state index is 0.297. The molecular formula is C18H27N5O. The van der Waals surface area contributed by atoms with E-state index in [4.69, 9.17) is 9.97 Å². The molecule has 3 aliphatic rings. The Morgan fingerprint density at radius 2 is 1.96 bits per heavy atom. The van der Waals surface area contributed by atoms with Crippen LogP contribution in [0.1, 0.15) is 36.9 Å². The standard InChI is InChI=1S/C18H27N5O/c1-21(2)18-19-14-7-5-4-6-13(14)17(20-18)23-9-8-15-12(11-23)10-16(24)22(15)3/h12,15H,4-11H2,1-3H3/t12-,15+/m1/s1. The van der Waals surface area contributed by atoms with E-state index in [1.807, 2.05) is 30.9 Å². The van der Waals surface area contributed by atoms with Gasteiger partial charge in [-0.2, -0.15) is 4.98 Å². The highest BCUT2D eigenvalue weighted by atomic mass is 16.2. The van der Waals surface area contributed by atoms with Crippen molar-refractivity contribution in [2.24, 2.45) is 5.92 Å². The van der Waals surface area contributed by atoms with Crippen LogP contribution in [0.3, 0.4) is 0 Å². The van der Waals surface area contributed by atoms with Crippen LogP contribution >= 0.6 is 0 Å². The minimum Gasteiger partial charge on any atom is -0.356 e. The van der Waals surface area contributed by atoms with Gasteiger partial charge in [-0.05, 0) is 32.1 Å². The molecule has 0 radical (unpaired) electrons. The fourth-order valence-corrected chi connectivity index (χ4v) is 4.50. The Balaban J connectivity index is 1.66. The molecule has 2 fully saturated rings. The van der Waals surface area contributed by atoms with Crippen molar-refractivity contribution in [3.05, 3.63) is 11.3 Å². The Kier molecular flexibility index (Phi) is 3.85. The van der Waals surface area contributed by atoms with E-state index in [1.165, 1.54) is 24.1 Å². The molecule has 6 nitrogen and oxygen atoms in total. The van der Waals surface area contributed by atoms with Crippen LogP contribution in [0.25, 0.3) is 0 Å². The Labute approximate surface area is 143 Å². The molecule has 0 bridgehead atoms. The van der Waals surface area contributed by atoms with Crippen LogP contribution in [0, 0.1) is 5.92 Å². The van der Waals surface area contributed by atoms with Crippen LogP contribution in [-0.2, 0) is 17.6 Å². The number of amides is 1. The molecular weight excluding hydrogens is 302 g/mol. The van der Waals surface area contributed by atoms with Crippen molar-refractivity contribution in [3.8, 4) is 0 Å². The summed E-state index contributed by atoms with van der Waals surface area (Å²) in [4.78, 5) is 28.1. The summed E-state index contributed by atoms with van der Waals surface area (Å²) < 4.78 is 0. The van der Waals surface area contributed by atoms with E-state index < -0.39 is 0 Å². The van der Waals surface area contributed by atoms with Gasteiger partial charge in [0.2, 0.25) is 11.9 Å². The second-order valence-corrected chi connectivity index (χ2v) is 7.64. The van der Waals surface area contributed by atoms with E-state index in [9.17, 15) is 4.79 Å². The molecule has 1 aliphatic carbocycles. The molecule has 0 saturated carbocycles. The van der Waals surface area contributed by atoms with Crippen LogP contribution in [-0.4, -0.2) is 61.0 Å². The van der Waals surface area contributed by atoms with Gasteiger partial charge in [-0.1, -0.05) is 0 Å². The van der Waals surface area contributed by atoms with Crippen molar-refractivity contribution < 1.29 is 4.79 Å². The lowest BCUT2D eigenvalue weighted by Crippen LogP contribution is -2.46. The van der Waals surface area contributed by atoms with Crippen molar-refractivity contribution in [2.75, 3.05) is 44.0 Å². The maximum absolute atomic E-state index is 12.0. The summed E-state index contributed by atoms with van der Waals surface area (Å²) in [6, 6.07) is 0.416. The van der Waals surface area contributed by atoms with E-state index in [2.05, 4.69) is 4.90 Å². The molecule has 3 heterocycles. The molecule has 2 aliphatic heterocycles. The lowest BCUT2D eigenvalue weighted by atomic mass is 9.91.